The number of hydrogen-bond acceptors (Lipinski definition) is 2. The predicted molar refractivity (Wildman–Crippen MR) is 82.3 cm³/mol. The number of rotatable bonds is 4. The summed E-state index contributed by atoms with van der Waals surface area (Å²) in [6, 6.07) is 15.6. The zero-order valence-electron chi connectivity index (χ0n) is 11.1. The molecular weight excluding hydrogens is 270 g/mol. The van der Waals surface area contributed by atoms with Crippen molar-refractivity contribution in [2.45, 2.75) is 13.2 Å². The third-order valence-corrected chi connectivity index (χ3v) is 3.14. The van der Waals surface area contributed by atoms with Gasteiger partial charge in [0.25, 0.3) is 0 Å². The van der Waals surface area contributed by atoms with Crippen molar-refractivity contribution < 1.29 is 4.74 Å². The van der Waals surface area contributed by atoms with E-state index in [1.807, 2.05) is 48.5 Å². The predicted octanol–water partition coefficient (Wildman–Crippen LogP) is 3.37. The van der Waals surface area contributed by atoms with E-state index in [0.717, 1.165) is 21.7 Å². The van der Waals surface area contributed by atoms with Crippen LogP contribution in [-0.4, -0.2) is 6.54 Å². The van der Waals surface area contributed by atoms with Gasteiger partial charge in [0.15, 0.2) is 0 Å². The van der Waals surface area contributed by atoms with Gasteiger partial charge in [0.1, 0.15) is 0 Å². The van der Waals surface area contributed by atoms with Gasteiger partial charge >= 0.3 is 0 Å². The number of benzene rings is 2. The average Bonchev–Trinajstić information content (AvgIpc) is 2.48. The summed E-state index contributed by atoms with van der Waals surface area (Å²) in [5.74, 6) is 5.81. The van der Waals surface area contributed by atoms with Crippen molar-refractivity contribution in [3.8, 4) is 11.8 Å². The molecule has 3 heteroatoms. The molecule has 20 heavy (non-hydrogen) atoms. The van der Waals surface area contributed by atoms with Crippen LogP contribution in [0.2, 0.25) is 5.02 Å². The lowest BCUT2D eigenvalue weighted by Gasteiger charge is -2.06. The van der Waals surface area contributed by atoms with Crippen LogP contribution in [0.4, 0.5) is 0 Å². The van der Waals surface area contributed by atoms with E-state index in [-0.39, 0.29) is 0 Å². The van der Waals surface area contributed by atoms with Crippen molar-refractivity contribution >= 4 is 11.6 Å². The van der Waals surface area contributed by atoms with Gasteiger partial charge in [-0.3, -0.25) is 0 Å². The van der Waals surface area contributed by atoms with E-state index >= 15 is 0 Å². The Morgan fingerprint density at radius 3 is 2.45 bits per heavy atom. The highest BCUT2D eigenvalue weighted by Gasteiger charge is 1.99. The number of hydrogen-bond donors (Lipinski definition) is 1. The number of nitrogens with two attached hydrogens (primary N) is 1. The Labute approximate surface area is 124 Å². The molecule has 0 aliphatic rings. The van der Waals surface area contributed by atoms with Crippen molar-refractivity contribution in [1.29, 1.82) is 0 Å². The van der Waals surface area contributed by atoms with Gasteiger partial charge in [-0.05, 0) is 29.3 Å². The van der Waals surface area contributed by atoms with Crippen LogP contribution in [0.15, 0.2) is 48.5 Å². The molecule has 2 N–H and O–H groups in total. The summed E-state index contributed by atoms with van der Waals surface area (Å²) in [4.78, 5) is 0. The fourth-order valence-corrected chi connectivity index (χ4v) is 1.92. The van der Waals surface area contributed by atoms with Crippen molar-refractivity contribution in [2.75, 3.05) is 6.54 Å². The molecule has 102 valence electrons. The van der Waals surface area contributed by atoms with Crippen LogP contribution >= 0.6 is 11.6 Å². The van der Waals surface area contributed by atoms with Crippen molar-refractivity contribution in [3.05, 3.63) is 70.2 Å². The smallest absolute Gasteiger partial charge is 0.0735 e. The largest absolute Gasteiger partial charge is 0.372 e. The Morgan fingerprint density at radius 2 is 1.75 bits per heavy atom. The van der Waals surface area contributed by atoms with E-state index in [1.54, 1.807) is 0 Å². The molecule has 0 saturated carbocycles. The van der Waals surface area contributed by atoms with Gasteiger partial charge in [-0.1, -0.05) is 53.8 Å². The molecule has 2 rings (SSSR count). The Morgan fingerprint density at radius 1 is 1.00 bits per heavy atom. The summed E-state index contributed by atoms with van der Waals surface area (Å²) in [5.41, 5.74) is 8.40. The normalized spacial score (nSPS) is 9.90. The Bertz CT molecular complexity index is 611. The summed E-state index contributed by atoms with van der Waals surface area (Å²) in [7, 11) is 0. The Kier molecular flexibility index (Phi) is 5.64. The Balaban J connectivity index is 1.87. The number of halogens is 1. The van der Waals surface area contributed by atoms with Crippen LogP contribution in [-0.2, 0) is 18.0 Å². The second-order valence-electron chi connectivity index (χ2n) is 4.29. The van der Waals surface area contributed by atoms with Crippen LogP contribution in [0.3, 0.4) is 0 Å². The maximum atomic E-state index is 6.07. The van der Waals surface area contributed by atoms with E-state index in [1.165, 1.54) is 0 Å². The first-order valence-electron chi connectivity index (χ1n) is 6.38. The molecule has 0 unspecified atom stereocenters. The maximum absolute atomic E-state index is 6.07. The van der Waals surface area contributed by atoms with Gasteiger partial charge in [-0.15, -0.1) is 0 Å². The van der Waals surface area contributed by atoms with Gasteiger partial charge < -0.3 is 10.5 Å². The standard InChI is InChI=1S/C17H16ClNO/c18-17-6-2-1-5-16(17)13-20-12-15-9-7-14(8-10-15)4-3-11-19/h1-2,5-10H,11-13,19H2. The summed E-state index contributed by atoms with van der Waals surface area (Å²) in [5, 5.41) is 0.736. The van der Waals surface area contributed by atoms with Gasteiger partial charge in [0.2, 0.25) is 0 Å². The Hall–Kier alpha value is -1.79. The lowest BCUT2D eigenvalue weighted by Crippen LogP contribution is -1.95. The van der Waals surface area contributed by atoms with Gasteiger partial charge in [0, 0.05) is 10.6 Å². The zero-order valence-corrected chi connectivity index (χ0v) is 11.9. The van der Waals surface area contributed by atoms with Crippen LogP contribution in [0.25, 0.3) is 0 Å². The third kappa shape index (κ3) is 4.40. The average molecular weight is 286 g/mol. The topological polar surface area (TPSA) is 35.2 Å². The molecule has 0 radical (unpaired) electrons. The third-order valence-electron chi connectivity index (χ3n) is 2.77. The lowest BCUT2D eigenvalue weighted by atomic mass is 10.1. The lowest BCUT2D eigenvalue weighted by molar-refractivity contribution is 0.107. The molecule has 0 aliphatic carbocycles. The summed E-state index contributed by atoms with van der Waals surface area (Å²) < 4.78 is 5.67. The maximum Gasteiger partial charge on any atom is 0.0735 e. The fourth-order valence-electron chi connectivity index (χ4n) is 1.73. The molecule has 0 atom stereocenters. The molecule has 0 bridgehead atoms. The van der Waals surface area contributed by atoms with E-state index in [2.05, 4.69) is 11.8 Å². The molecule has 0 spiro atoms. The fraction of sp³-hybridized carbons (Fsp3) is 0.176. The molecule has 0 aromatic heterocycles. The monoisotopic (exact) mass is 285 g/mol. The minimum Gasteiger partial charge on any atom is -0.372 e. The molecular formula is C17H16ClNO. The van der Waals surface area contributed by atoms with Crippen molar-refractivity contribution in [3.63, 3.8) is 0 Å². The van der Waals surface area contributed by atoms with E-state index < -0.39 is 0 Å². The first kappa shape index (κ1) is 14.6. The summed E-state index contributed by atoms with van der Waals surface area (Å²) >= 11 is 6.07. The first-order valence-corrected chi connectivity index (χ1v) is 6.76. The molecule has 2 aromatic rings. The molecule has 0 amide bonds. The van der Waals surface area contributed by atoms with Gasteiger partial charge in [-0.25, -0.2) is 0 Å². The van der Waals surface area contributed by atoms with Crippen LogP contribution < -0.4 is 5.73 Å². The second-order valence-corrected chi connectivity index (χ2v) is 4.69. The minimum atomic E-state index is 0.378. The SMILES string of the molecule is NCC#Cc1ccc(COCc2ccccc2Cl)cc1. The van der Waals surface area contributed by atoms with Crippen LogP contribution in [0.5, 0.6) is 0 Å². The van der Waals surface area contributed by atoms with Crippen molar-refractivity contribution in [2.24, 2.45) is 5.73 Å². The molecule has 0 fully saturated rings. The molecule has 2 nitrogen and oxygen atoms in total. The van der Waals surface area contributed by atoms with Gasteiger partial charge in [0.05, 0.1) is 19.8 Å². The van der Waals surface area contributed by atoms with E-state index in [9.17, 15) is 0 Å². The van der Waals surface area contributed by atoms with Crippen LogP contribution in [0, 0.1) is 11.8 Å². The van der Waals surface area contributed by atoms with E-state index in [4.69, 9.17) is 22.1 Å². The quantitative estimate of drug-likeness (QED) is 0.874. The minimum absolute atomic E-state index is 0.378. The molecule has 0 saturated heterocycles. The zero-order chi connectivity index (χ0) is 14.2. The highest BCUT2D eigenvalue weighted by molar-refractivity contribution is 6.31. The highest BCUT2D eigenvalue weighted by Crippen LogP contribution is 2.16. The molecule has 0 aliphatic heterocycles. The molecule has 0 heterocycles. The summed E-state index contributed by atoms with van der Waals surface area (Å²) in [6.45, 7) is 1.44. The van der Waals surface area contributed by atoms with Crippen molar-refractivity contribution in [1.82, 2.24) is 0 Å². The van der Waals surface area contributed by atoms with Crippen LogP contribution in [0.1, 0.15) is 16.7 Å². The molecule has 2 aromatic carbocycles. The van der Waals surface area contributed by atoms with Gasteiger partial charge in [-0.2, -0.15) is 0 Å². The second kappa shape index (κ2) is 7.72. The number of ether oxygens (including phenoxy) is 1. The van der Waals surface area contributed by atoms with E-state index in [0.29, 0.717) is 19.8 Å². The summed E-state index contributed by atoms with van der Waals surface area (Å²) in [6.07, 6.45) is 0. The highest BCUT2D eigenvalue weighted by atomic mass is 35.5. The first-order chi connectivity index (χ1) is 9.79.